The zero-order valence-electron chi connectivity index (χ0n) is 16.1. The van der Waals surface area contributed by atoms with Crippen molar-refractivity contribution in [3.05, 3.63) is 38.6 Å². The number of nitrogens with one attached hydrogen (secondary N) is 2. The van der Waals surface area contributed by atoms with E-state index in [-0.39, 0.29) is 17.1 Å². The maximum Gasteiger partial charge on any atom is 0.469 e. The van der Waals surface area contributed by atoms with E-state index >= 15 is 0 Å². The van der Waals surface area contributed by atoms with Crippen LogP contribution in [0.2, 0.25) is 0 Å². The Morgan fingerprint density at radius 3 is 2.84 bits per heavy atom. The number of phosphoric acid groups is 1. The summed E-state index contributed by atoms with van der Waals surface area (Å²) in [5.41, 5.74) is 0.689. The fourth-order valence-electron chi connectivity index (χ4n) is 3.21. The number of imidazole rings is 1. The molecule has 4 heterocycles. The fraction of sp³-hybridized carbons (Fsp3) is 0.438. The topological polar surface area (TPSA) is 192 Å². The van der Waals surface area contributed by atoms with Gasteiger partial charge in [0.2, 0.25) is 5.95 Å². The van der Waals surface area contributed by atoms with Gasteiger partial charge in [-0.3, -0.25) is 18.9 Å². The Bertz CT molecular complexity index is 1190. The number of phosphoric ester groups is 1. The van der Waals surface area contributed by atoms with Crippen LogP contribution in [0.4, 0.5) is 5.95 Å². The zero-order chi connectivity index (χ0) is 22.3. The highest BCUT2D eigenvalue weighted by Crippen LogP contribution is 2.38. The lowest BCUT2D eigenvalue weighted by atomic mass is 10.1. The maximum absolute atomic E-state index is 12.4. The standard InChI is InChI=1S/C16H20N5O8PS/c1-7-2-3-31-9(7)4-17-16-19-13-10(14(24)20-16)18-6-21(13)15-12(23)11(22)8(29-15)5-28-30(25,26)27/h2-3,6,8,11-12,15,22-23H,4-5H2,1H3,(H2,25,26,27)(H2,17,19,20,24)/t8-,11-,12-,15-/m1/s1. The third-order valence-electron chi connectivity index (χ3n) is 4.84. The second-order valence-corrected chi connectivity index (χ2v) is 9.19. The van der Waals surface area contributed by atoms with E-state index in [1.54, 1.807) is 11.3 Å². The Morgan fingerprint density at radius 2 is 2.16 bits per heavy atom. The van der Waals surface area contributed by atoms with Gasteiger partial charge in [-0.15, -0.1) is 11.3 Å². The number of aromatic nitrogens is 4. The van der Waals surface area contributed by atoms with Gasteiger partial charge < -0.3 is 30.1 Å². The largest absolute Gasteiger partial charge is 0.469 e. The van der Waals surface area contributed by atoms with E-state index in [1.807, 2.05) is 18.4 Å². The molecule has 0 radical (unpaired) electrons. The molecular weight excluding hydrogens is 453 g/mol. The molecule has 15 heteroatoms. The van der Waals surface area contributed by atoms with Crippen LogP contribution in [-0.2, 0) is 20.4 Å². The number of nitrogens with zero attached hydrogens (tertiary/aromatic N) is 3. The first-order valence-corrected chi connectivity index (χ1v) is 11.5. The summed E-state index contributed by atoms with van der Waals surface area (Å²) in [4.78, 5) is 42.1. The van der Waals surface area contributed by atoms with Crippen LogP contribution in [0.25, 0.3) is 11.2 Å². The minimum atomic E-state index is -4.79. The molecule has 0 unspecified atom stereocenters. The van der Waals surface area contributed by atoms with Gasteiger partial charge in [0.15, 0.2) is 17.4 Å². The monoisotopic (exact) mass is 473 g/mol. The third kappa shape index (κ3) is 4.56. The number of hydrogen-bond acceptors (Lipinski definition) is 10. The molecule has 6 N–H and O–H groups in total. The van der Waals surface area contributed by atoms with Gasteiger partial charge in [0.25, 0.3) is 5.56 Å². The van der Waals surface area contributed by atoms with Crippen molar-refractivity contribution in [1.82, 2.24) is 19.5 Å². The normalized spacial score (nSPS) is 24.2. The van der Waals surface area contributed by atoms with Gasteiger partial charge in [0.05, 0.1) is 19.5 Å². The zero-order valence-corrected chi connectivity index (χ0v) is 17.8. The second kappa shape index (κ2) is 8.41. The highest BCUT2D eigenvalue weighted by atomic mass is 32.1. The quantitative estimate of drug-likeness (QED) is 0.250. The predicted molar refractivity (Wildman–Crippen MR) is 108 cm³/mol. The van der Waals surface area contributed by atoms with Crippen molar-refractivity contribution in [2.45, 2.75) is 38.0 Å². The lowest BCUT2D eigenvalue weighted by molar-refractivity contribution is -0.0503. The number of fused-ring (bicyclic) bond motifs is 1. The minimum Gasteiger partial charge on any atom is -0.387 e. The number of aliphatic hydroxyl groups excluding tert-OH is 2. The van der Waals surface area contributed by atoms with Crippen LogP contribution in [0.15, 0.2) is 22.6 Å². The van der Waals surface area contributed by atoms with Crippen LogP contribution in [0, 0.1) is 6.92 Å². The highest BCUT2D eigenvalue weighted by Gasteiger charge is 2.45. The molecular formula is C16H20N5O8PS. The number of anilines is 1. The molecule has 4 atom stereocenters. The Balaban J connectivity index is 1.59. The lowest BCUT2D eigenvalue weighted by Gasteiger charge is -2.16. The van der Waals surface area contributed by atoms with Crippen LogP contribution in [-0.4, -0.2) is 64.4 Å². The van der Waals surface area contributed by atoms with Gasteiger partial charge in [0.1, 0.15) is 18.3 Å². The average Bonchev–Trinajstić information content (AvgIpc) is 3.37. The van der Waals surface area contributed by atoms with Gasteiger partial charge in [-0.1, -0.05) is 0 Å². The van der Waals surface area contributed by atoms with Gasteiger partial charge in [-0.2, -0.15) is 4.98 Å². The number of aromatic amines is 1. The van der Waals surface area contributed by atoms with Crippen LogP contribution in [0.5, 0.6) is 0 Å². The van der Waals surface area contributed by atoms with Crippen LogP contribution < -0.4 is 10.9 Å². The molecule has 1 aliphatic heterocycles. The summed E-state index contributed by atoms with van der Waals surface area (Å²) in [6.07, 6.45) is -4.16. The number of aryl methyl sites for hydroxylation is 1. The van der Waals surface area contributed by atoms with Crippen LogP contribution >= 0.6 is 19.2 Å². The van der Waals surface area contributed by atoms with E-state index in [4.69, 9.17) is 14.5 Å². The molecule has 0 saturated carbocycles. The molecule has 0 amide bonds. The molecule has 4 rings (SSSR count). The number of ether oxygens (including phenoxy) is 1. The van der Waals surface area contributed by atoms with E-state index in [0.29, 0.717) is 6.54 Å². The average molecular weight is 473 g/mol. The highest BCUT2D eigenvalue weighted by molar-refractivity contribution is 7.46. The molecule has 1 fully saturated rings. The molecule has 0 bridgehead atoms. The van der Waals surface area contributed by atoms with Crippen molar-refractivity contribution in [1.29, 1.82) is 0 Å². The number of rotatable bonds is 7. The summed E-state index contributed by atoms with van der Waals surface area (Å²) < 4.78 is 22.1. The van der Waals surface area contributed by atoms with E-state index in [1.165, 1.54) is 10.9 Å². The van der Waals surface area contributed by atoms with Crippen molar-refractivity contribution in [3.8, 4) is 0 Å². The van der Waals surface area contributed by atoms with Gasteiger partial charge in [-0.25, -0.2) is 9.55 Å². The Kier molecular flexibility index (Phi) is 5.98. The molecule has 0 spiro atoms. The van der Waals surface area contributed by atoms with Crippen molar-refractivity contribution < 1.29 is 33.8 Å². The Hall–Kier alpha value is -2.16. The van der Waals surface area contributed by atoms with Crippen molar-refractivity contribution in [3.63, 3.8) is 0 Å². The number of hydrogen-bond donors (Lipinski definition) is 6. The molecule has 168 valence electrons. The summed E-state index contributed by atoms with van der Waals surface area (Å²) in [5.74, 6) is 0.182. The van der Waals surface area contributed by atoms with Gasteiger partial charge in [-0.05, 0) is 23.9 Å². The van der Waals surface area contributed by atoms with Crippen molar-refractivity contribution >= 4 is 36.3 Å². The number of thiophene rings is 1. The predicted octanol–water partition coefficient (Wildman–Crippen LogP) is -0.170. The SMILES string of the molecule is Cc1ccsc1CNc1nc2c(ncn2[C@@H]2O[C@H](COP(=O)(O)O)[C@@H](O)[C@H]2O)c(=O)[nH]1. The van der Waals surface area contributed by atoms with Crippen molar-refractivity contribution in [2.24, 2.45) is 0 Å². The molecule has 3 aromatic rings. The molecule has 0 aromatic carbocycles. The summed E-state index contributed by atoms with van der Waals surface area (Å²) >= 11 is 1.56. The smallest absolute Gasteiger partial charge is 0.387 e. The van der Waals surface area contributed by atoms with Crippen molar-refractivity contribution in [2.75, 3.05) is 11.9 Å². The summed E-state index contributed by atoms with van der Waals surface area (Å²) in [7, 11) is -4.79. The molecule has 31 heavy (non-hydrogen) atoms. The molecule has 0 aliphatic carbocycles. The molecule has 3 aromatic heterocycles. The van der Waals surface area contributed by atoms with E-state index < -0.39 is 44.5 Å². The van der Waals surface area contributed by atoms with E-state index in [0.717, 1.165) is 10.4 Å². The summed E-state index contributed by atoms with van der Waals surface area (Å²) in [6, 6.07) is 1.98. The molecule has 1 aliphatic rings. The summed E-state index contributed by atoms with van der Waals surface area (Å²) in [6.45, 7) is 1.76. The minimum absolute atomic E-state index is 0.00179. The van der Waals surface area contributed by atoms with Crippen LogP contribution in [0.3, 0.4) is 0 Å². The van der Waals surface area contributed by atoms with E-state index in [9.17, 15) is 19.6 Å². The lowest BCUT2D eigenvalue weighted by Crippen LogP contribution is -2.33. The second-order valence-electron chi connectivity index (χ2n) is 6.95. The third-order valence-corrected chi connectivity index (χ3v) is 6.34. The fourth-order valence-corrected chi connectivity index (χ4v) is 4.40. The molecule has 13 nitrogen and oxygen atoms in total. The Labute approximate surface area is 178 Å². The Morgan fingerprint density at radius 1 is 1.39 bits per heavy atom. The van der Waals surface area contributed by atoms with Crippen LogP contribution in [0.1, 0.15) is 16.7 Å². The first-order chi connectivity index (χ1) is 14.6. The summed E-state index contributed by atoms with van der Waals surface area (Å²) in [5, 5.41) is 25.6. The number of aliphatic hydroxyl groups is 2. The first-order valence-electron chi connectivity index (χ1n) is 9.09. The van der Waals surface area contributed by atoms with Gasteiger partial charge in [0, 0.05) is 4.88 Å². The first kappa shape index (κ1) is 22.0. The number of H-pyrrole nitrogens is 1. The molecule has 1 saturated heterocycles. The maximum atomic E-state index is 12.4. The van der Waals surface area contributed by atoms with Gasteiger partial charge >= 0.3 is 7.82 Å². The van der Waals surface area contributed by atoms with E-state index in [2.05, 4.69) is 24.8 Å².